The number of anilines is 1. The maximum Gasteiger partial charge on any atom is 0.410 e. The average molecular weight is 373 g/mol. The number of carbonyl (C=O) groups is 1. The third-order valence-electron chi connectivity index (χ3n) is 3.21. The van der Waals surface area contributed by atoms with Gasteiger partial charge in [-0.3, -0.25) is 0 Å². The number of aromatic nitrogens is 2. The molecule has 1 amide bonds. The Bertz CT molecular complexity index is 560. The van der Waals surface area contributed by atoms with Gasteiger partial charge in [0, 0.05) is 25.1 Å². The van der Waals surface area contributed by atoms with Gasteiger partial charge in [-0.25, -0.2) is 14.8 Å². The Morgan fingerprint density at radius 3 is 2.68 bits per heavy atom. The highest BCUT2D eigenvalue weighted by Gasteiger charge is 2.26. The van der Waals surface area contributed by atoms with Gasteiger partial charge in [0.1, 0.15) is 18.1 Å². The molecule has 0 aliphatic carbocycles. The molecule has 1 aliphatic rings. The monoisotopic (exact) mass is 372 g/mol. The van der Waals surface area contributed by atoms with Gasteiger partial charge in [-0.2, -0.15) is 0 Å². The topological polar surface area (TPSA) is 87.6 Å². The summed E-state index contributed by atoms with van der Waals surface area (Å²) in [5, 5.41) is 11.9. The molecule has 1 aromatic rings. The van der Waals surface area contributed by atoms with Crippen molar-refractivity contribution in [3.63, 3.8) is 0 Å². The number of amides is 1. The number of aliphatic hydroxyl groups excluding tert-OH is 1. The molecular formula is C14H21BrN4O3. The molecule has 0 fully saturated rings. The molecule has 1 aliphatic heterocycles. The van der Waals surface area contributed by atoms with Crippen LogP contribution in [0.15, 0.2) is 4.73 Å². The quantitative estimate of drug-likeness (QED) is 0.609. The molecule has 122 valence electrons. The summed E-state index contributed by atoms with van der Waals surface area (Å²) >= 11 is 3.27. The fourth-order valence-electron chi connectivity index (χ4n) is 2.30. The van der Waals surface area contributed by atoms with Crippen molar-refractivity contribution in [1.29, 1.82) is 0 Å². The number of nitrogens with zero attached hydrogens (tertiary/aromatic N) is 3. The second kappa shape index (κ2) is 6.78. The van der Waals surface area contributed by atoms with E-state index < -0.39 is 5.60 Å². The lowest BCUT2D eigenvalue weighted by molar-refractivity contribution is 0.0258. The number of hydrogen-bond acceptors (Lipinski definition) is 6. The van der Waals surface area contributed by atoms with Crippen molar-refractivity contribution < 1.29 is 14.6 Å². The summed E-state index contributed by atoms with van der Waals surface area (Å²) in [7, 11) is 0. The van der Waals surface area contributed by atoms with Crippen LogP contribution in [-0.4, -0.2) is 51.5 Å². The minimum atomic E-state index is -0.511. The van der Waals surface area contributed by atoms with Crippen molar-refractivity contribution in [1.82, 2.24) is 14.9 Å². The van der Waals surface area contributed by atoms with E-state index in [1.54, 1.807) is 4.90 Å². The van der Waals surface area contributed by atoms with E-state index in [0.717, 1.165) is 11.3 Å². The van der Waals surface area contributed by atoms with E-state index >= 15 is 0 Å². The highest BCUT2D eigenvalue weighted by Crippen LogP contribution is 2.24. The van der Waals surface area contributed by atoms with Gasteiger partial charge in [0.05, 0.1) is 5.69 Å². The van der Waals surface area contributed by atoms with Crippen LogP contribution in [-0.2, 0) is 17.6 Å². The average Bonchev–Trinajstić information content (AvgIpc) is 2.59. The first kappa shape index (κ1) is 17.0. The van der Waals surface area contributed by atoms with Gasteiger partial charge in [0.2, 0.25) is 0 Å². The maximum atomic E-state index is 12.2. The molecule has 2 N–H and O–H groups in total. The van der Waals surface area contributed by atoms with E-state index in [2.05, 4.69) is 31.2 Å². The number of nitrogens with one attached hydrogen (secondary N) is 1. The normalized spacial score (nSPS) is 15.0. The van der Waals surface area contributed by atoms with Gasteiger partial charge < -0.3 is 20.1 Å². The van der Waals surface area contributed by atoms with Crippen LogP contribution in [0.4, 0.5) is 10.6 Å². The first-order chi connectivity index (χ1) is 10.3. The zero-order valence-corrected chi connectivity index (χ0v) is 14.6. The number of halogens is 1. The number of aliphatic hydroxyl groups is 1. The van der Waals surface area contributed by atoms with E-state index in [1.807, 2.05) is 20.8 Å². The molecule has 0 saturated heterocycles. The van der Waals surface area contributed by atoms with Gasteiger partial charge in [0.15, 0.2) is 4.73 Å². The summed E-state index contributed by atoms with van der Waals surface area (Å²) in [6.07, 6.45) is 0.920. The van der Waals surface area contributed by atoms with E-state index in [9.17, 15) is 4.79 Å². The number of ether oxygens (including phenoxy) is 1. The maximum absolute atomic E-state index is 12.2. The van der Waals surface area contributed by atoms with Gasteiger partial charge in [-0.05, 0) is 43.1 Å². The van der Waals surface area contributed by atoms with E-state index in [4.69, 9.17) is 9.84 Å². The van der Waals surface area contributed by atoms with E-state index in [1.165, 1.54) is 0 Å². The molecule has 2 rings (SSSR count). The minimum absolute atomic E-state index is 0.203. The highest BCUT2D eigenvalue weighted by atomic mass is 79.9. The molecule has 22 heavy (non-hydrogen) atoms. The largest absolute Gasteiger partial charge is 0.444 e. The number of fused-ring (bicyclic) bond motifs is 1. The predicted molar refractivity (Wildman–Crippen MR) is 85.7 cm³/mol. The number of hydrogen-bond donors (Lipinski definition) is 2. The van der Waals surface area contributed by atoms with Crippen LogP contribution in [0, 0.1) is 0 Å². The first-order valence-electron chi connectivity index (χ1n) is 7.18. The summed E-state index contributed by atoms with van der Waals surface area (Å²) in [6.45, 7) is 6.43. The summed E-state index contributed by atoms with van der Waals surface area (Å²) in [6, 6.07) is 0. The SMILES string of the molecule is CC(C)(C)OC(=O)N1CCc2nc(Br)nc(NCO)c2CC1. The molecule has 8 heteroatoms. The Labute approximate surface area is 138 Å². The Balaban J connectivity index is 2.16. The highest BCUT2D eigenvalue weighted by molar-refractivity contribution is 9.10. The van der Waals surface area contributed by atoms with Crippen molar-refractivity contribution >= 4 is 27.8 Å². The molecule has 0 saturated carbocycles. The summed E-state index contributed by atoms with van der Waals surface area (Å²) in [4.78, 5) is 22.5. The zero-order chi connectivity index (χ0) is 16.3. The Kier molecular flexibility index (Phi) is 5.23. The Morgan fingerprint density at radius 2 is 2.05 bits per heavy atom. The second-order valence-electron chi connectivity index (χ2n) is 6.07. The third-order valence-corrected chi connectivity index (χ3v) is 3.57. The van der Waals surface area contributed by atoms with E-state index in [-0.39, 0.29) is 12.8 Å². The molecule has 0 radical (unpaired) electrons. The predicted octanol–water partition coefficient (Wildman–Crippen LogP) is 1.94. The minimum Gasteiger partial charge on any atom is -0.444 e. The van der Waals surface area contributed by atoms with Crippen molar-refractivity contribution in [3.8, 4) is 0 Å². The lowest BCUT2D eigenvalue weighted by atomic mass is 10.1. The molecular weight excluding hydrogens is 352 g/mol. The van der Waals surface area contributed by atoms with Crippen LogP contribution in [0.2, 0.25) is 0 Å². The number of rotatable bonds is 2. The van der Waals surface area contributed by atoms with Gasteiger partial charge >= 0.3 is 6.09 Å². The molecule has 2 heterocycles. The van der Waals surface area contributed by atoms with E-state index in [0.29, 0.717) is 36.5 Å². The number of carbonyl (C=O) groups excluding carboxylic acids is 1. The van der Waals surface area contributed by atoms with Crippen LogP contribution >= 0.6 is 15.9 Å². The van der Waals surface area contributed by atoms with Gasteiger partial charge in [0.25, 0.3) is 0 Å². The summed E-state index contributed by atoms with van der Waals surface area (Å²) in [5.41, 5.74) is 1.30. The van der Waals surface area contributed by atoms with Crippen LogP contribution in [0.1, 0.15) is 32.0 Å². The Morgan fingerprint density at radius 1 is 1.36 bits per heavy atom. The lowest BCUT2D eigenvalue weighted by Gasteiger charge is -2.26. The van der Waals surface area contributed by atoms with Crippen LogP contribution in [0.3, 0.4) is 0 Å². The fourth-order valence-corrected chi connectivity index (χ4v) is 2.69. The van der Waals surface area contributed by atoms with Crippen molar-refractivity contribution in [3.05, 3.63) is 16.0 Å². The molecule has 0 atom stereocenters. The summed E-state index contributed by atoms with van der Waals surface area (Å²) in [5.74, 6) is 0.602. The second-order valence-corrected chi connectivity index (χ2v) is 6.78. The molecule has 0 spiro atoms. The fraction of sp³-hybridized carbons (Fsp3) is 0.643. The standard InChI is InChI=1S/C14H21BrN4O3/c1-14(2,3)22-13(21)19-6-4-9-10(5-7-19)17-12(15)18-11(9)16-8-20/h20H,4-8H2,1-3H3,(H,16,17,18). The van der Waals surface area contributed by atoms with Gasteiger partial charge in [-0.15, -0.1) is 0 Å². The summed E-state index contributed by atoms with van der Waals surface area (Å²) < 4.78 is 5.88. The molecule has 1 aromatic heterocycles. The molecule has 7 nitrogen and oxygen atoms in total. The zero-order valence-electron chi connectivity index (χ0n) is 13.0. The van der Waals surface area contributed by atoms with Crippen molar-refractivity contribution in [2.24, 2.45) is 0 Å². The smallest absolute Gasteiger partial charge is 0.410 e. The molecule has 0 unspecified atom stereocenters. The molecule has 0 bridgehead atoms. The van der Waals surface area contributed by atoms with Crippen LogP contribution in [0.25, 0.3) is 0 Å². The van der Waals surface area contributed by atoms with Gasteiger partial charge in [-0.1, -0.05) is 0 Å². The van der Waals surface area contributed by atoms with Crippen LogP contribution in [0.5, 0.6) is 0 Å². The Hall–Kier alpha value is -1.41. The van der Waals surface area contributed by atoms with Crippen molar-refractivity contribution in [2.75, 3.05) is 25.1 Å². The third kappa shape index (κ3) is 4.30. The lowest BCUT2D eigenvalue weighted by Crippen LogP contribution is -2.38. The molecule has 0 aromatic carbocycles. The first-order valence-corrected chi connectivity index (χ1v) is 7.97. The van der Waals surface area contributed by atoms with Crippen molar-refractivity contribution in [2.45, 2.75) is 39.2 Å². The van der Waals surface area contributed by atoms with Crippen LogP contribution < -0.4 is 5.32 Å².